The average molecular weight is 491 g/mol. The molecule has 0 aromatic heterocycles. The lowest BCUT2D eigenvalue weighted by molar-refractivity contribution is -0.143. The minimum Gasteiger partial charge on any atom is -0.481 e. The molecule has 0 aliphatic rings. The molecular formula is C18H29N5O11. The van der Waals surface area contributed by atoms with Crippen LogP contribution in [0.1, 0.15) is 38.5 Å². The molecule has 192 valence electrons. The summed E-state index contributed by atoms with van der Waals surface area (Å²) >= 11 is 0. The Labute approximate surface area is 193 Å². The van der Waals surface area contributed by atoms with Crippen molar-refractivity contribution in [3.8, 4) is 0 Å². The van der Waals surface area contributed by atoms with Gasteiger partial charge in [0.2, 0.25) is 23.6 Å². The van der Waals surface area contributed by atoms with Crippen LogP contribution in [0.15, 0.2) is 0 Å². The fourth-order valence-corrected chi connectivity index (χ4v) is 2.51. The van der Waals surface area contributed by atoms with E-state index in [-0.39, 0.29) is 12.8 Å². The maximum atomic E-state index is 12.7. The predicted molar refractivity (Wildman–Crippen MR) is 111 cm³/mol. The average Bonchev–Trinajstić information content (AvgIpc) is 2.74. The van der Waals surface area contributed by atoms with Gasteiger partial charge in [0.15, 0.2) is 0 Å². The molecule has 0 heterocycles. The molecule has 4 unspecified atom stereocenters. The van der Waals surface area contributed by atoms with Gasteiger partial charge in [-0.05, 0) is 19.3 Å². The molecule has 0 saturated heterocycles. The summed E-state index contributed by atoms with van der Waals surface area (Å²) in [4.78, 5) is 81.0. The van der Waals surface area contributed by atoms with Crippen molar-refractivity contribution in [3.05, 3.63) is 0 Å². The second-order valence-corrected chi connectivity index (χ2v) is 7.18. The van der Waals surface area contributed by atoms with Crippen molar-refractivity contribution < 1.29 is 54.0 Å². The number of amides is 4. The Morgan fingerprint density at radius 3 is 1.47 bits per heavy atom. The number of carbonyl (C=O) groups is 7. The van der Waals surface area contributed by atoms with Crippen LogP contribution in [0.4, 0.5) is 0 Å². The second kappa shape index (κ2) is 15.1. The van der Waals surface area contributed by atoms with Crippen molar-refractivity contribution in [1.82, 2.24) is 16.0 Å². The smallest absolute Gasteiger partial charge is 0.328 e. The van der Waals surface area contributed by atoms with Crippen LogP contribution in [-0.2, 0) is 33.6 Å². The van der Waals surface area contributed by atoms with E-state index in [1.54, 1.807) is 0 Å². The third-order valence-electron chi connectivity index (χ3n) is 4.40. The zero-order valence-corrected chi connectivity index (χ0v) is 18.1. The monoisotopic (exact) mass is 491 g/mol. The maximum absolute atomic E-state index is 12.7. The van der Waals surface area contributed by atoms with Gasteiger partial charge in [-0.2, -0.15) is 0 Å². The fourth-order valence-electron chi connectivity index (χ4n) is 2.51. The van der Waals surface area contributed by atoms with Gasteiger partial charge in [0.25, 0.3) is 0 Å². The molecule has 0 fully saturated rings. The Kier molecular flexibility index (Phi) is 13.4. The van der Waals surface area contributed by atoms with E-state index in [1.165, 1.54) is 0 Å². The normalized spacial score (nSPS) is 14.1. The third-order valence-corrected chi connectivity index (χ3v) is 4.40. The summed E-state index contributed by atoms with van der Waals surface area (Å²) in [6, 6.07) is -6.09. The number of primary amides is 1. The molecule has 4 amide bonds. The van der Waals surface area contributed by atoms with Crippen LogP contribution < -0.4 is 27.4 Å². The Morgan fingerprint density at radius 1 is 0.647 bits per heavy atom. The van der Waals surface area contributed by atoms with Gasteiger partial charge in [-0.15, -0.1) is 0 Å². The van der Waals surface area contributed by atoms with Crippen LogP contribution in [0.25, 0.3) is 0 Å². The number of carboxylic acid groups (broad SMARTS) is 3. The zero-order valence-electron chi connectivity index (χ0n) is 18.1. The summed E-state index contributed by atoms with van der Waals surface area (Å²) in [5.41, 5.74) is 10.6. The second-order valence-electron chi connectivity index (χ2n) is 7.18. The summed E-state index contributed by atoms with van der Waals surface area (Å²) in [7, 11) is 0. The van der Waals surface area contributed by atoms with Gasteiger partial charge in [-0.25, -0.2) is 4.79 Å². The molecule has 11 N–H and O–H groups in total. The lowest BCUT2D eigenvalue weighted by Crippen LogP contribution is -2.57. The van der Waals surface area contributed by atoms with Crippen LogP contribution >= 0.6 is 0 Å². The lowest BCUT2D eigenvalue weighted by atomic mass is 10.1. The Hall–Kier alpha value is -3.79. The van der Waals surface area contributed by atoms with Gasteiger partial charge in [-0.1, -0.05) is 0 Å². The molecule has 34 heavy (non-hydrogen) atoms. The number of nitrogens with two attached hydrogens (primary N) is 2. The van der Waals surface area contributed by atoms with Crippen molar-refractivity contribution in [2.24, 2.45) is 11.5 Å². The summed E-state index contributed by atoms with van der Waals surface area (Å²) < 4.78 is 0. The molecule has 0 aromatic rings. The minimum absolute atomic E-state index is 0.268. The number of hydrogen-bond acceptors (Lipinski definition) is 9. The number of nitrogens with one attached hydrogen (secondary N) is 3. The number of carbonyl (C=O) groups excluding carboxylic acids is 4. The predicted octanol–water partition coefficient (Wildman–Crippen LogP) is -4.16. The molecule has 16 nitrogen and oxygen atoms in total. The topological polar surface area (TPSA) is 289 Å². The number of aliphatic carboxylic acids is 3. The largest absolute Gasteiger partial charge is 0.481 e. The highest BCUT2D eigenvalue weighted by atomic mass is 16.4. The lowest BCUT2D eigenvalue weighted by Gasteiger charge is -2.24. The molecule has 0 radical (unpaired) electrons. The van der Waals surface area contributed by atoms with Crippen molar-refractivity contribution >= 4 is 41.5 Å². The van der Waals surface area contributed by atoms with Crippen molar-refractivity contribution in [2.45, 2.75) is 62.7 Å². The van der Waals surface area contributed by atoms with E-state index in [4.69, 9.17) is 31.9 Å². The third kappa shape index (κ3) is 12.3. The Bertz CT molecular complexity index is 788. The molecule has 0 rings (SSSR count). The molecule has 0 aliphatic heterocycles. The maximum Gasteiger partial charge on any atom is 0.328 e. The summed E-state index contributed by atoms with van der Waals surface area (Å²) in [6.45, 7) is -0.969. The fraction of sp³-hybridized carbons (Fsp3) is 0.611. The van der Waals surface area contributed by atoms with E-state index in [1.807, 2.05) is 5.32 Å². The molecular weight excluding hydrogens is 462 g/mol. The van der Waals surface area contributed by atoms with Crippen molar-refractivity contribution in [3.63, 3.8) is 0 Å². The number of carboxylic acids is 3. The van der Waals surface area contributed by atoms with Gasteiger partial charge in [0, 0.05) is 19.3 Å². The molecule has 0 saturated carbocycles. The highest BCUT2D eigenvalue weighted by Gasteiger charge is 2.30. The SMILES string of the molecule is NC(=O)CCC(NC(=O)C(CCC(=O)O)NC(=O)C(N)CCC(=O)O)C(=O)NC(CO)C(=O)O. The van der Waals surface area contributed by atoms with Crippen molar-refractivity contribution in [2.75, 3.05) is 6.61 Å². The standard InChI is InChI=1S/C18H29N5O11/c19-8(1-5-13(26)27)15(30)21-10(3-6-14(28)29)16(31)22-9(2-4-12(20)25)17(32)23-11(7-24)18(33)34/h8-11,24H,1-7,19H2,(H2,20,25)(H,21,30)(H,22,31)(H,23,32)(H,26,27)(H,28,29)(H,33,34). The molecule has 0 aromatic carbocycles. The highest BCUT2D eigenvalue weighted by Crippen LogP contribution is 2.05. The van der Waals surface area contributed by atoms with Gasteiger partial charge in [0.05, 0.1) is 12.6 Å². The van der Waals surface area contributed by atoms with E-state index in [0.717, 1.165) is 0 Å². The first-order valence-corrected chi connectivity index (χ1v) is 10.0. The first kappa shape index (κ1) is 30.2. The Morgan fingerprint density at radius 2 is 1.06 bits per heavy atom. The highest BCUT2D eigenvalue weighted by molar-refractivity contribution is 5.94. The van der Waals surface area contributed by atoms with Crippen LogP contribution in [0.2, 0.25) is 0 Å². The molecule has 4 atom stereocenters. The van der Waals surface area contributed by atoms with Crippen LogP contribution in [0, 0.1) is 0 Å². The van der Waals surface area contributed by atoms with Gasteiger partial charge >= 0.3 is 17.9 Å². The van der Waals surface area contributed by atoms with E-state index < -0.39 is 98.0 Å². The van der Waals surface area contributed by atoms with Crippen LogP contribution in [0.5, 0.6) is 0 Å². The first-order chi connectivity index (χ1) is 15.8. The van der Waals surface area contributed by atoms with Crippen molar-refractivity contribution in [1.29, 1.82) is 0 Å². The minimum atomic E-state index is -1.71. The summed E-state index contributed by atoms with van der Waals surface area (Å²) in [6.07, 6.45) is -2.49. The van der Waals surface area contributed by atoms with Crippen LogP contribution in [-0.4, -0.2) is 92.7 Å². The van der Waals surface area contributed by atoms with Gasteiger partial charge < -0.3 is 47.8 Å². The molecule has 0 aliphatic carbocycles. The van der Waals surface area contributed by atoms with E-state index in [9.17, 15) is 33.6 Å². The zero-order chi connectivity index (χ0) is 26.4. The summed E-state index contributed by atoms with van der Waals surface area (Å²) in [5.74, 6) is -8.03. The van der Waals surface area contributed by atoms with E-state index in [0.29, 0.717) is 0 Å². The van der Waals surface area contributed by atoms with Gasteiger partial charge in [-0.3, -0.25) is 28.8 Å². The molecule has 0 bridgehead atoms. The summed E-state index contributed by atoms with van der Waals surface area (Å²) in [5, 5.41) is 41.9. The molecule has 0 spiro atoms. The number of aliphatic hydroxyl groups is 1. The van der Waals surface area contributed by atoms with E-state index >= 15 is 0 Å². The van der Waals surface area contributed by atoms with Gasteiger partial charge in [0.1, 0.15) is 18.1 Å². The van der Waals surface area contributed by atoms with Crippen LogP contribution in [0.3, 0.4) is 0 Å². The number of rotatable bonds is 17. The number of aliphatic hydroxyl groups excluding tert-OH is 1. The quantitative estimate of drug-likeness (QED) is 0.0936. The Balaban J connectivity index is 5.52. The van der Waals surface area contributed by atoms with E-state index in [2.05, 4.69) is 10.6 Å². The number of hydrogen-bond donors (Lipinski definition) is 9. The molecule has 16 heteroatoms. The first-order valence-electron chi connectivity index (χ1n) is 10.0.